The molecule has 0 spiro atoms. The highest BCUT2D eigenvalue weighted by Crippen LogP contribution is 2.26. The molecule has 0 bridgehead atoms. The number of thiazole rings is 1. The van der Waals surface area contributed by atoms with E-state index < -0.39 is 10.0 Å². The van der Waals surface area contributed by atoms with E-state index in [9.17, 15) is 13.2 Å². The third-order valence-electron chi connectivity index (χ3n) is 3.18. The van der Waals surface area contributed by atoms with Crippen molar-refractivity contribution in [3.8, 4) is 11.3 Å². The molecule has 0 saturated carbocycles. The lowest BCUT2D eigenvalue weighted by Gasteiger charge is -2.09. The largest absolute Gasteiger partial charge is 0.319 e. The number of carbonyl (C=O) groups excluding carboxylic acids is 1. The summed E-state index contributed by atoms with van der Waals surface area (Å²) in [7, 11) is -1.49. The standard InChI is InChI=1S/C15H20N4O3S2/c1-10(8-16-2)14(20)18-15-17-13(9-23-15)11-4-6-12(7-5-11)19-24(3,21)22/h4-7,9-10,16,19H,8H2,1-3H3,(H,17,18,20). The minimum absolute atomic E-state index is 0.0852. The van der Waals surface area contributed by atoms with Gasteiger partial charge in [0.25, 0.3) is 0 Å². The summed E-state index contributed by atoms with van der Waals surface area (Å²) in [5.74, 6) is -0.235. The Hall–Kier alpha value is -1.97. The van der Waals surface area contributed by atoms with Crippen LogP contribution in [0.5, 0.6) is 0 Å². The number of benzene rings is 1. The summed E-state index contributed by atoms with van der Waals surface area (Å²) in [4.78, 5) is 16.4. The summed E-state index contributed by atoms with van der Waals surface area (Å²) in [6, 6.07) is 6.89. The highest BCUT2D eigenvalue weighted by atomic mass is 32.2. The highest BCUT2D eigenvalue weighted by Gasteiger charge is 2.14. The predicted octanol–water partition coefficient (Wildman–Crippen LogP) is 1.98. The first kappa shape index (κ1) is 18.4. The van der Waals surface area contributed by atoms with E-state index in [0.29, 0.717) is 17.4 Å². The Labute approximate surface area is 145 Å². The normalized spacial score (nSPS) is 12.6. The number of amides is 1. The fourth-order valence-electron chi connectivity index (χ4n) is 2.01. The maximum atomic E-state index is 12.0. The molecule has 0 aliphatic heterocycles. The van der Waals surface area contributed by atoms with E-state index in [1.54, 1.807) is 31.3 Å². The molecule has 2 rings (SSSR count). The number of sulfonamides is 1. The van der Waals surface area contributed by atoms with Crippen LogP contribution in [0.25, 0.3) is 11.3 Å². The van der Waals surface area contributed by atoms with Gasteiger partial charge in [-0.2, -0.15) is 0 Å². The van der Waals surface area contributed by atoms with Gasteiger partial charge < -0.3 is 10.6 Å². The Bertz CT molecular complexity index is 800. The average Bonchev–Trinajstić information content (AvgIpc) is 2.95. The van der Waals surface area contributed by atoms with Gasteiger partial charge in [-0.1, -0.05) is 19.1 Å². The molecule has 2 aromatic rings. The van der Waals surface area contributed by atoms with Gasteiger partial charge >= 0.3 is 0 Å². The molecule has 24 heavy (non-hydrogen) atoms. The number of nitrogens with one attached hydrogen (secondary N) is 3. The Morgan fingerprint density at radius 1 is 1.29 bits per heavy atom. The van der Waals surface area contributed by atoms with Crippen molar-refractivity contribution in [3.05, 3.63) is 29.6 Å². The van der Waals surface area contributed by atoms with Crippen LogP contribution in [0.4, 0.5) is 10.8 Å². The highest BCUT2D eigenvalue weighted by molar-refractivity contribution is 7.92. The number of hydrogen-bond acceptors (Lipinski definition) is 6. The average molecular weight is 368 g/mol. The predicted molar refractivity (Wildman–Crippen MR) is 97.7 cm³/mol. The summed E-state index contributed by atoms with van der Waals surface area (Å²) in [5, 5.41) is 8.14. The zero-order valence-corrected chi connectivity index (χ0v) is 15.3. The first-order valence-corrected chi connectivity index (χ1v) is 10.0. The third-order valence-corrected chi connectivity index (χ3v) is 4.54. The molecular formula is C15H20N4O3S2. The molecule has 9 heteroatoms. The fourth-order valence-corrected chi connectivity index (χ4v) is 3.30. The zero-order chi connectivity index (χ0) is 17.7. The van der Waals surface area contributed by atoms with Crippen molar-refractivity contribution in [1.29, 1.82) is 0 Å². The minimum atomic E-state index is -3.29. The van der Waals surface area contributed by atoms with Gasteiger partial charge in [-0.3, -0.25) is 9.52 Å². The molecule has 1 aromatic heterocycles. The van der Waals surface area contributed by atoms with Crippen molar-refractivity contribution in [2.45, 2.75) is 6.92 Å². The van der Waals surface area contributed by atoms with Crippen molar-refractivity contribution in [1.82, 2.24) is 10.3 Å². The first-order valence-electron chi connectivity index (χ1n) is 7.27. The summed E-state index contributed by atoms with van der Waals surface area (Å²) in [6.07, 6.45) is 1.10. The van der Waals surface area contributed by atoms with Crippen LogP contribution in [-0.2, 0) is 14.8 Å². The molecule has 0 radical (unpaired) electrons. The molecule has 0 aliphatic carbocycles. The van der Waals surface area contributed by atoms with Crippen molar-refractivity contribution < 1.29 is 13.2 Å². The van der Waals surface area contributed by atoms with Crippen LogP contribution in [0.3, 0.4) is 0 Å². The second-order valence-electron chi connectivity index (χ2n) is 5.44. The molecule has 3 N–H and O–H groups in total. The number of rotatable bonds is 7. The smallest absolute Gasteiger partial charge is 0.230 e. The molecule has 1 amide bonds. The van der Waals surface area contributed by atoms with E-state index in [1.165, 1.54) is 11.3 Å². The van der Waals surface area contributed by atoms with Crippen LogP contribution in [0, 0.1) is 5.92 Å². The molecule has 0 fully saturated rings. The van der Waals surface area contributed by atoms with Gasteiger partial charge in [0.2, 0.25) is 15.9 Å². The van der Waals surface area contributed by atoms with Crippen LogP contribution in [0.2, 0.25) is 0 Å². The monoisotopic (exact) mass is 368 g/mol. The Kier molecular flexibility index (Phi) is 5.92. The summed E-state index contributed by atoms with van der Waals surface area (Å²) in [5.41, 5.74) is 2.06. The van der Waals surface area contributed by atoms with Gasteiger partial charge in [0.05, 0.1) is 11.9 Å². The van der Waals surface area contributed by atoms with Crippen LogP contribution in [-0.4, -0.2) is 39.2 Å². The SMILES string of the molecule is CNCC(C)C(=O)Nc1nc(-c2ccc(NS(C)(=O)=O)cc2)cs1. The third kappa shape index (κ3) is 5.29. The lowest BCUT2D eigenvalue weighted by atomic mass is 10.1. The van der Waals surface area contributed by atoms with Crippen LogP contribution >= 0.6 is 11.3 Å². The molecule has 130 valence electrons. The molecule has 1 atom stereocenters. The number of anilines is 2. The van der Waals surface area contributed by atoms with E-state index in [0.717, 1.165) is 17.5 Å². The first-order chi connectivity index (χ1) is 11.3. The summed E-state index contributed by atoms with van der Waals surface area (Å²) in [6.45, 7) is 2.44. The molecule has 0 aliphatic rings. The van der Waals surface area contributed by atoms with Gasteiger partial charge in [-0.15, -0.1) is 11.3 Å². The second kappa shape index (κ2) is 7.73. The maximum Gasteiger partial charge on any atom is 0.230 e. The summed E-state index contributed by atoms with van der Waals surface area (Å²) < 4.78 is 24.8. The number of carbonyl (C=O) groups is 1. The van der Waals surface area contributed by atoms with Gasteiger partial charge in [-0.25, -0.2) is 13.4 Å². The molecule has 7 nitrogen and oxygen atoms in total. The Balaban J connectivity index is 2.06. The number of hydrogen-bond donors (Lipinski definition) is 3. The van der Waals surface area contributed by atoms with Crippen molar-refractivity contribution in [2.75, 3.05) is 29.9 Å². The van der Waals surface area contributed by atoms with E-state index in [-0.39, 0.29) is 11.8 Å². The zero-order valence-electron chi connectivity index (χ0n) is 13.7. The Morgan fingerprint density at radius 2 is 1.96 bits per heavy atom. The topological polar surface area (TPSA) is 100 Å². The van der Waals surface area contributed by atoms with Gasteiger partial charge in [0, 0.05) is 29.1 Å². The van der Waals surface area contributed by atoms with Crippen LogP contribution < -0.4 is 15.4 Å². The second-order valence-corrected chi connectivity index (χ2v) is 8.04. The van der Waals surface area contributed by atoms with E-state index in [1.807, 2.05) is 12.3 Å². The van der Waals surface area contributed by atoms with E-state index in [2.05, 4.69) is 20.3 Å². The van der Waals surface area contributed by atoms with E-state index in [4.69, 9.17) is 0 Å². The lowest BCUT2D eigenvalue weighted by molar-refractivity contribution is -0.119. The molecule has 1 aromatic carbocycles. The lowest BCUT2D eigenvalue weighted by Crippen LogP contribution is -2.28. The van der Waals surface area contributed by atoms with Crippen molar-refractivity contribution in [2.24, 2.45) is 5.92 Å². The number of aromatic nitrogens is 1. The molecule has 1 heterocycles. The quantitative estimate of drug-likeness (QED) is 0.694. The molecule has 1 unspecified atom stereocenters. The van der Waals surface area contributed by atoms with Gasteiger partial charge in [0.1, 0.15) is 0 Å². The molecular weight excluding hydrogens is 348 g/mol. The van der Waals surface area contributed by atoms with Gasteiger partial charge in [0.15, 0.2) is 5.13 Å². The van der Waals surface area contributed by atoms with Crippen molar-refractivity contribution >= 4 is 38.1 Å². The summed E-state index contributed by atoms with van der Waals surface area (Å²) >= 11 is 1.35. The maximum absolute atomic E-state index is 12.0. The number of nitrogens with zero attached hydrogens (tertiary/aromatic N) is 1. The van der Waals surface area contributed by atoms with Gasteiger partial charge in [-0.05, 0) is 19.2 Å². The van der Waals surface area contributed by atoms with Crippen LogP contribution in [0.15, 0.2) is 29.6 Å². The van der Waals surface area contributed by atoms with E-state index >= 15 is 0 Å². The van der Waals surface area contributed by atoms with Crippen LogP contribution in [0.1, 0.15) is 6.92 Å². The Morgan fingerprint density at radius 3 is 2.54 bits per heavy atom. The molecule has 0 saturated heterocycles. The fraction of sp³-hybridized carbons (Fsp3) is 0.333. The van der Waals surface area contributed by atoms with Crippen molar-refractivity contribution in [3.63, 3.8) is 0 Å². The minimum Gasteiger partial charge on any atom is -0.319 e.